The van der Waals surface area contributed by atoms with E-state index < -0.39 is 43.1 Å². The predicted molar refractivity (Wildman–Crippen MR) is 150 cm³/mol. The molecule has 2 fully saturated rings. The lowest BCUT2D eigenvalue weighted by Crippen LogP contribution is -2.53. The average Bonchev–Trinajstić information content (AvgIpc) is 3.61. The fraction of sp³-hybridized carbons (Fsp3) is 0.517. The van der Waals surface area contributed by atoms with Crippen molar-refractivity contribution in [3.8, 4) is 0 Å². The number of piperidine rings is 1. The van der Waals surface area contributed by atoms with E-state index in [1.165, 1.54) is 12.1 Å². The van der Waals surface area contributed by atoms with E-state index in [-0.39, 0.29) is 42.2 Å². The number of hydrogen-bond donors (Lipinski definition) is 1. The first-order valence-corrected chi connectivity index (χ1v) is 15.3. The van der Waals surface area contributed by atoms with E-state index in [2.05, 4.69) is 0 Å². The molecule has 0 spiro atoms. The predicted octanol–water partition coefficient (Wildman–Crippen LogP) is 6.66. The lowest BCUT2D eigenvalue weighted by atomic mass is 9.67. The van der Waals surface area contributed by atoms with Crippen molar-refractivity contribution >= 4 is 44.9 Å². The maximum absolute atomic E-state index is 14.7. The zero-order valence-electron chi connectivity index (χ0n) is 22.5. The number of rotatable bonds is 8. The van der Waals surface area contributed by atoms with Gasteiger partial charge in [0.2, 0.25) is 5.91 Å². The lowest BCUT2D eigenvalue weighted by molar-refractivity contribution is -0.157. The molecule has 1 saturated carbocycles. The van der Waals surface area contributed by atoms with Gasteiger partial charge >= 0.3 is 5.97 Å². The Labute approximate surface area is 239 Å². The summed E-state index contributed by atoms with van der Waals surface area (Å²) in [5.41, 5.74) is 0.111. The number of likely N-dealkylation sites (tertiary alicyclic amines) is 1. The van der Waals surface area contributed by atoms with Gasteiger partial charge in [0.05, 0.1) is 32.9 Å². The molecule has 5 atom stereocenters. The van der Waals surface area contributed by atoms with Crippen LogP contribution in [0.2, 0.25) is 10.0 Å². The Balaban J connectivity index is 1.76. The molecule has 1 saturated heterocycles. The number of sulfone groups is 1. The zero-order valence-corrected chi connectivity index (χ0v) is 24.8. The summed E-state index contributed by atoms with van der Waals surface area (Å²) in [6, 6.07) is 11.0. The van der Waals surface area contributed by atoms with E-state index in [1.807, 2.05) is 6.07 Å². The van der Waals surface area contributed by atoms with Crippen molar-refractivity contribution in [3.63, 3.8) is 0 Å². The Morgan fingerprint density at radius 1 is 1.15 bits per heavy atom. The van der Waals surface area contributed by atoms with Crippen molar-refractivity contribution in [2.45, 2.75) is 75.3 Å². The normalized spacial score (nSPS) is 27.5. The number of nitrogens with zero attached hydrogens (tertiary/aromatic N) is 1. The van der Waals surface area contributed by atoms with Crippen molar-refractivity contribution in [1.82, 2.24) is 4.90 Å². The number of carboxylic acid groups (broad SMARTS) is 1. The molecule has 1 aliphatic carbocycles. The second kappa shape index (κ2) is 10.7. The monoisotopic (exact) mass is 597 g/mol. The highest BCUT2D eigenvalue weighted by molar-refractivity contribution is 7.93. The fourth-order valence-electron chi connectivity index (χ4n) is 5.91. The molecule has 6 nitrogen and oxygen atoms in total. The van der Waals surface area contributed by atoms with E-state index in [9.17, 15) is 27.5 Å². The number of amides is 1. The van der Waals surface area contributed by atoms with Crippen LogP contribution in [0.5, 0.6) is 0 Å². The van der Waals surface area contributed by atoms with Crippen LogP contribution in [0.4, 0.5) is 4.39 Å². The Morgan fingerprint density at radius 3 is 2.44 bits per heavy atom. The van der Waals surface area contributed by atoms with Gasteiger partial charge in [0.1, 0.15) is 5.82 Å². The highest BCUT2D eigenvalue weighted by Crippen LogP contribution is 2.52. The zero-order chi connectivity index (χ0) is 28.9. The Bertz CT molecular complexity index is 1390. The average molecular weight is 599 g/mol. The van der Waals surface area contributed by atoms with E-state index in [1.54, 1.807) is 56.9 Å². The summed E-state index contributed by atoms with van der Waals surface area (Å²) in [7, 11) is -3.35. The second-order valence-electron chi connectivity index (χ2n) is 12.1. The maximum atomic E-state index is 14.7. The highest BCUT2D eigenvalue weighted by atomic mass is 35.5. The third-order valence-corrected chi connectivity index (χ3v) is 11.7. The maximum Gasteiger partial charge on any atom is 0.304 e. The van der Waals surface area contributed by atoms with Crippen LogP contribution in [-0.2, 0) is 19.4 Å². The largest absolute Gasteiger partial charge is 0.481 e. The summed E-state index contributed by atoms with van der Waals surface area (Å²) in [5, 5.41) is 9.66. The van der Waals surface area contributed by atoms with Gasteiger partial charge < -0.3 is 10.0 Å². The molecular formula is C29H34Cl2FNO5S. The molecule has 212 valence electrons. The molecular weight excluding hydrogens is 564 g/mol. The summed E-state index contributed by atoms with van der Waals surface area (Å²) in [6.07, 6.45) is 0.801. The molecule has 0 radical (unpaired) electrons. The Hall–Kier alpha value is -2.16. The van der Waals surface area contributed by atoms with Gasteiger partial charge in [-0.1, -0.05) is 48.3 Å². The summed E-state index contributed by atoms with van der Waals surface area (Å²) >= 11 is 12.3. The molecule has 10 heteroatoms. The summed E-state index contributed by atoms with van der Waals surface area (Å²) < 4.78 is 39.8. The number of hydrogen-bond acceptors (Lipinski definition) is 4. The van der Waals surface area contributed by atoms with Crippen LogP contribution in [0.15, 0.2) is 42.5 Å². The molecule has 0 aromatic heterocycles. The van der Waals surface area contributed by atoms with Crippen molar-refractivity contribution in [1.29, 1.82) is 0 Å². The first kappa shape index (κ1) is 29.8. The SMILES string of the molecule is CC1(CC(=O)O)CC(c2cccc(Cl)c2)C(c2ccc(Cl)c(F)c2)N(CCC2CC2S(=O)(=O)C(C)(C)C)C1=O. The van der Waals surface area contributed by atoms with E-state index in [0.29, 0.717) is 23.4 Å². The Kier molecular flexibility index (Phi) is 8.16. The van der Waals surface area contributed by atoms with Gasteiger partial charge in [0.25, 0.3) is 0 Å². The van der Waals surface area contributed by atoms with Crippen molar-refractivity contribution in [2.75, 3.05) is 6.54 Å². The van der Waals surface area contributed by atoms with Gasteiger partial charge in [0.15, 0.2) is 9.84 Å². The lowest BCUT2D eigenvalue weighted by Gasteiger charge is -2.49. The Morgan fingerprint density at radius 2 is 1.85 bits per heavy atom. The molecule has 2 aromatic rings. The number of benzene rings is 2. The van der Waals surface area contributed by atoms with Gasteiger partial charge in [-0.25, -0.2) is 12.8 Å². The first-order chi connectivity index (χ1) is 18.0. The minimum Gasteiger partial charge on any atom is -0.481 e. The van der Waals surface area contributed by atoms with Gasteiger partial charge in [0, 0.05) is 17.5 Å². The topological polar surface area (TPSA) is 91.8 Å². The van der Waals surface area contributed by atoms with Crippen LogP contribution in [0.1, 0.15) is 76.5 Å². The molecule has 2 aromatic carbocycles. The molecule has 5 unspecified atom stereocenters. The quantitative estimate of drug-likeness (QED) is 0.367. The van der Waals surface area contributed by atoms with Crippen LogP contribution in [0.25, 0.3) is 0 Å². The standard InChI is InChI=1S/C29H34Cl2FNO5S/c1-28(2,3)39(37,38)24-14-18(24)10-11-33-26(19-8-9-22(31)23(32)13-19)21(17-6-5-7-20(30)12-17)15-29(4,27(33)36)16-25(34)35/h5-9,12-13,18,21,24,26H,10-11,14-16H2,1-4H3,(H,34,35). The number of halogens is 3. The molecule has 2 aliphatic rings. The van der Waals surface area contributed by atoms with Crippen LogP contribution in [-0.4, -0.2) is 46.8 Å². The molecule has 1 N–H and O–H groups in total. The van der Waals surface area contributed by atoms with Crippen LogP contribution >= 0.6 is 23.2 Å². The van der Waals surface area contributed by atoms with E-state index in [0.717, 1.165) is 5.56 Å². The van der Waals surface area contributed by atoms with Crippen LogP contribution in [0.3, 0.4) is 0 Å². The molecule has 4 rings (SSSR count). The summed E-state index contributed by atoms with van der Waals surface area (Å²) in [6.45, 7) is 6.91. The van der Waals surface area contributed by atoms with Gasteiger partial charge in [-0.15, -0.1) is 0 Å². The fourth-order valence-corrected chi connectivity index (χ4v) is 8.27. The smallest absolute Gasteiger partial charge is 0.304 e. The minimum absolute atomic E-state index is 0.0457. The van der Waals surface area contributed by atoms with Crippen molar-refractivity contribution in [3.05, 3.63) is 69.5 Å². The second-order valence-corrected chi connectivity index (χ2v) is 15.9. The highest BCUT2D eigenvalue weighted by Gasteiger charge is 2.54. The number of carboxylic acids is 1. The molecule has 1 amide bonds. The third kappa shape index (κ3) is 5.98. The third-order valence-electron chi connectivity index (χ3n) is 8.12. The van der Waals surface area contributed by atoms with Crippen molar-refractivity contribution in [2.24, 2.45) is 11.3 Å². The minimum atomic E-state index is -3.35. The van der Waals surface area contributed by atoms with Gasteiger partial charge in [-0.3, -0.25) is 9.59 Å². The first-order valence-electron chi connectivity index (χ1n) is 13.0. The van der Waals surface area contributed by atoms with Gasteiger partial charge in [-0.05, 0) is 81.3 Å². The van der Waals surface area contributed by atoms with E-state index in [4.69, 9.17) is 23.2 Å². The van der Waals surface area contributed by atoms with Crippen LogP contribution in [0, 0.1) is 17.2 Å². The summed E-state index contributed by atoms with van der Waals surface area (Å²) in [4.78, 5) is 27.5. The number of carbonyl (C=O) groups is 2. The van der Waals surface area contributed by atoms with Gasteiger partial charge in [-0.2, -0.15) is 0 Å². The molecule has 1 heterocycles. The molecule has 39 heavy (non-hydrogen) atoms. The number of carbonyl (C=O) groups excluding carboxylic acids is 1. The summed E-state index contributed by atoms with van der Waals surface area (Å²) in [5.74, 6) is -2.56. The van der Waals surface area contributed by atoms with Crippen molar-refractivity contribution < 1.29 is 27.5 Å². The van der Waals surface area contributed by atoms with E-state index >= 15 is 0 Å². The molecule has 1 aliphatic heterocycles. The van der Waals surface area contributed by atoms with Crippen LogP contribution < -0.4 is 0 Å². The number of aliphatic carboxylic acids is 1. The molecule has 0 bridgehead atoms.